The number of rotatable bonds is 15. The highest BCUT2D eigenvalue weighted by molar-refractivity contribution is 6.05. The Morgan fingerprint density at radius 1 is 1.23 bits per heavy atom. The van der Waals surface area contributed by atoms with Crippen molar-refractivity contribution in [3.8, 4) is 0 Å². The number of benzene rings is 1. The second-order valence-electron chi connectivity index (χ2n) is 11.9. The lowest BCUT2D eigenvalue weighted by Gasteiger charge is -2.37. The molecular formula is C33H45N3O7. The number of nitrogens with zero attached hydrogens (tertiary/aromatic N) is 2. The number of nitrogens with one attached hydrogen (secondary N) is 1. The van der Waals surface area contributed by atoms with Crippen molar-refractivity contribution in [2.45, 2.75) is 83.1 Å². The SMILES string of the molecule is C=CCCC(=O)NC[C@H](C)OC(=O)[C@@H]1[C@@H]2CC[C@]3(O2)[C@H](C(=O)N(CC=C)c2c(C)cccc2C)N(CCCCO)C(=O)[C@@H]13. The van der Waals surface area contributed by atoms with Gasteiger partial charge in [-0.25, -0.2) is 0 Å². The van der Waals surface area contributed by atoms with E-state index in [-0.39, 0.29) is 44.0 Å². The maximum absolute atomic E-state index is 14.6. The first-order valence-corrected chi connectivity index (χ1v) is 15.3. The highest BCUT2D eigenvalue weighted by Crippen LogP contribution is 2.59. The van der Waals surface area contributed by atoms with Gasteiger partial charge in [-0.3, -0.25) is 19.2 Å². The first kappa shape index (κ1) is 32.4. The number of anilines is 1. The zero-order valence-electron chi connectivity index (χ0n) is 25.5. The van der Waals surface area contributed by atoms with Crippen LogP contribution >= 0.6 is 0 Å². The molecule has 0 aromatic heterocycles. The van der Waals surface area contributed by atoms with Gasteiger partial charge >= 0.3 is 5.97 Å². The average Bonchev–Trinajstić information content (AvgIpc) is 3.61. The lowest BCUT2D eigenvalue weighted by Crippen LogP contribution is -2.56. The van der Waals surface area contributed by atoms with E-state index >= 15 is 0 Å². The largest absolute Gasteiger partial charge is 0.460 e. The van der Waals surface area contributed by atoms with Gasteiger partial charge in [0.25, 0.3) is 5.91 Å². The number of amides is 3. The van der Waals surface area contributed by atoms with Gasteiger partial charge in [-0.15, -0.1) is 13.2 Å². The summed E-state index contributed by atoms with van der Waals surface area (Å²) in [6, 6.07) is 4.88. The van der Waals surface area contributed by atoms with Gasteiger partial charge in [0.1, 0.15) is 17.7 Å². The normalized spacial score (nSPS) is 26.1. The van der Waals surface area contributed by atoms with E-state index in [1.54, 1.807) is 28.9 Å². The van der Waals surface area contributed by atoms with E-state index in [1.165, 1.54) is 0 Å². The quantitative estimate of drug-likeness (QED) is 0.181. The Morgan fingerprint density at radius 3 is 2.60 bits per heavy atom. The molecule has 6 atom stereocenters. The van der Waals surface area contributed by atoms with Crippen LogP contribution in [0.15, 0.2) is 43.5 Å². The number of carbonyl (C=O) groups excluding carboxylic acids is 4. The molecule has 3 aliphatic heterocycles. The topological polar surface area (TPSA) is 125 Å². The molecule has 1 spiro atoms. The van der Waals surface area contributed by atoms with Crippen LogP contribution in [0.2, 0.25) is 0 Å². The smallest absolute Gasteiger partial charge is 0.312 e. The summed E-state index contributed by atoms with van der Waals surface area (Å²) in [4.78, 5) is 57.6. The summed E-state index contributed by atoms with van der Waals surface area (Å²) < 4.78 is 12.3. The number of hydrogen-bond acceptors (Lipinski definition) is 7. The Morgan fingerprint density at radius 2 is 1.95 bits per heavy atom. The number of aliphatic hydroxyl groups excluding tert-OH is 1. The van der Waals surface area contributed by atoms with Crippen LogP contribution in [0, 0.1) is 25.7 Å². The highest BCUT2D eigenvalue weighted by Gasteiger charge is 2.75. The molecule has 0 unspecified atom stereocenters. The fourth-order valence-electron chi connectivity index (χ4n) is 7.03. The lowest BCUT2D eigenvalue weighted by molar-refractivity contribution is -0.159. The number of aliphatic hydroxyl groups is 1. The van der Waals surface area contributed by atoms with Gasteiger partial charge in [-0.05, 0) is 64.0 Å². The van der Waals surface area contributed by atoms with Gasteiger partial charge in [0.15, 0.2) is 0 Å². The molecule has 4 rings (SSSR count). The van der Waals surface area contributed by atoms with Crippen LogP contribution in [-0.2, 0) is 28.7 Å². The van der Waals surface area contributed by atoms with E-state index in [1.807, 2.05) is 32.0 Å². The van der Waals surface area contributed by atoms with Crippen LogP contribution in [-0.4, -0.2) is 83.8 Å². The first-order valence-electron chi connectivity index (χ1n) is 15.3. The molecule has 1 aromatic rings. The summed E-state index contributed by atoms with van der Waals surface area (Å²) in [7, 11) is 0. The number of ether oxygens (including phenoxy) is 2. The standard InChI is InChI=1S/C33H45N3O7/c1-6-8-14-25(38)34-20-23(5)42-32(41)26-24-15-16-33(43-24)27(26)30(39)36(18-9-10-19-37)29(33)31(40)35(17-7-2)28-21(3)12-11-13-22(28)4/h6-7,11-13,23-24,26-27,29,37H,1-2,8-10,14-20H2,3-5H3,(H,34,38)/t23-,24-,26+,27+,29-,33+/m0/s1. The van der Waals surface area contributed by atoms with Crippen LogP contribution in [0.1, 0.15) is 56.6 Å². The number of hydrogen-bond donors (Lipinski definition) is 2. The molecule has 1 aromatic carbocycles. The molecule has 0 aliphatic carbocycles. The van der Waals surface area contributed by atoms with Crippen LogP contribution in [0.4, 0.5) is 5.69 Å². The molecule has 43 heavy (non-hydrogen) atoms. The fraction of sp³-hybridized carbons (Fsp3) is 0.576. The summed E-state index contributed by atoms with van der Waals surface area (Å²) in [6.45, 7) is 13.7. The van der Waals surface area contributed by atoms with Crippen molar-refractivity contribution in [2.24, 2.45) is 11.8 Å². The zero-order valence-corrected chi connectivity index (χ0v) is 25.5. The van der Waals surface area contributed by atoms with E-state index < -0.39 is 41.7 Å². The summed E-state index contributed by atoms with van der Waals surface area (Å²) in [5, 5.41) is 12.2. The average molecular weight is 596 g/mol. The Balaban J connectivity index is 1.62. The van der Waals surface area contributed by atoms with Crippen LogP contribution in [0.5, 0.6) is 0 Å². The van der Waals surface area contributed by atoms with Gasteiger partial charge < -0.3 is 29.7 Å². The number of aryl methyl sites for hydroxylation is 2. The van der Waals surface area contributed by atoms with E-state index in [0.29, 0.717) is 38.5 Å². The Hall–Kier alpha value is -3.50. The number of unbranched alkanes of at least 4 members (excludes halogenated alkanes) is 1. The van der Waals surface area contributed by atoms with E-state index in [0.717, 1.165) is 16.8 Å². The van der Waals surface area contributed by atoms with Gasteiger partial charge in [0.2, 0.25) is 11.8 Å². The minimum Gasteiger partial charge on any atom is -0.460 e. The van der Waals surface area contributed by atoms with Crippen LogP contribution in [0.3, 0.4) is 0 Å². The van der Waals surface area contributed by atoms with Gasteiger partial charge in [-0.1, -0.05) is 30.4 Å². The molecule has 3 heterocycles. The summed E-state index contributed by atoms with van der Waals surface area (Å²) in [5.74, 6) is -3.01. The molecule has 0 saturated carbocycles. The maximum Gasteiger partial charge on any atom is 0.312 e. The van der Waals surface area contributed by atoms with Crippen molar-refractivity contribution in [3.63, 3.8) is 0 Å². The van der Waals surface area contributed by atoms with Crippen molar-refractivity contribution in [1.82, 2.24) is 10.2 Å². The van der Waals surface area contributed by atoms with Gasteiger partial charge in [0, 0.05) is 31.8 Å². The molecule has 3 amide bonds. The number of esters is 1. The lowest BCUT2D eigenvalue weighted by atomic mass is 9.70. The predicted molar refractivity (Wildman–Crippen MR) is 162 cm³/mol. The van der Waals surface area contributed by atoms with E-state index in [9.17, 15) is 24.3 Å². The monoisotopic (exact) mass is 595 g/mol. The Kier molecular flexibility index (Phi) is 10.4. The van der Waals surface area contributed by atoms with Crippen LogP contribution in [0.25, 0.3) is 0 Å². The van der Waals surface area contributed by atoms with Crippen molar-refractivity contribution in [2.75, 3.05) is 31.1 Å². The molecule has 2 N–H and O–H groups in total. The number of carbonyl (C=O) groups is 4. The van der Waals surface area contributed by atoms with Crippen molar-refractivity contribution >= 4 is 29.4 Å². The summed E-state index contributed by atoms with van der Waals surface area (Å²) in [5.41, 5.74) is 1.44. The number of allylic oxidation sites excluding steroid dienone is 1. The predicted octanol–water partition coefficient (Wildman–Crippen LogP) is 2.98. The second-order valence-corrected chi connectivity index (χ2v) is 11.9. The van der Waals surface area contributed by atoms with Crippen LogP contribution < -0.4 is 10.2 Å². The zero-order chi connectivity index (χ0) is 31.3. The van der Waals surface area contributed by atoms with Crippen molar-refractivity contribution < 1.29 is 33.8 Å². The summed E-state index contributed by atoms with van der Waals surface area (Å²) >= 11 is 0. The van der Waals surface area contributed by atoms with Crippen molar-refractivity contribution in [1.29, 1.82) is 0 Å². The Bertz CT molecular complexity index is 1230. The first-order chi connectivity index (χ1) is 20.6. The molecule has 10 nitrogen and oxygen atoms in total. The highest BCUT2D eigenvalue weighted by atomic mass is 16.6. The fourth-order valence-corrected chi connectivity index (χ4v) is 7.03. The molecule has 3 saturated heterocycles. The third-order valence-electron chi connectivity index (χ3n) is 8.88. The van der Waals surface area contributed by atoms with Crippen molar-refractivity contribution in [3.05, 3.63) is 54.6 Å². The Labute approximate surface area is 254 Å². The molecule has 2 bridgehead atoms. The molecule has 3 aliphatic rings. The second kappa shape index (κ2) is 13.9. The molecule has 0 radical (unpaired) electrons. The van der Waals surface area contributed by atoms with E-state index in [2.05, 4.69) is 18.5 Å². The minimum atomic E-state index is -1.17. The van der Waals surface area contributed by atoms with Gasteiger partial charge in [-0.2, -0.15) is 0 Å². The van der Waals surface area contributed by atoms with Gasteiger partial charge in [0.05, 0.1) is 24.5 Å². The molecule has 10 heteroatoms. The maximum atomic E-state index is 14.6. The molecule has 234 valence electrons. The number of para-hydroxylation sites is 1. The number of fused-ring (bicyclic) bond motifs is 1. The van der Waals surface area contributed by atoms with E-state index in [4.69, 9.17) is 9.47 Å². The summed E-state index contributed by atoms with van der Waals surface area (Å²) in [6.07, 6.45) is 4.98. The minimum absolute atomic E-state index is 0.0320. The molecule has 3 fully saturated rings. The third kappa shape index (κ3) is 6.26. The third-order valence-corrected chi connectivity index (χ3v) is 8.88. The molecular weight excluding hydrogens is 550 g/mol. The number of likely N-dealkylation sites (tertiary alicyclic amines) is 1.